The van der Waals surface area contributed by atoms with Gasteiger partial charge < -0.3 is 5.32 Å². The van der Waals surface area contributed by atoms with Gasteiger partial charge in [-0.05, 0) is 12.1 Å². The highest BCUT2D eigenvalue weighted by molar-refractivity contribution is 7.88. The van der Waals surface area contributed by atoms with Crippen LogP contribution in [0.5, 0.6) is 0 Å². The molecule has 0 aliphatic carbocycles. The van der Waals surface area contributed by atoms with E-state index in [1.54, 1.807) is 16.7 Å². The predicted octanol–water partition coefficient (Wildman–Crippen LogP) is -0.763. The van der Waals surface area contributed by atoms with Gasteiger partial charge in [0.2, 0.25) is 15.9 Å². The molecule has 0 aliphatic heterocycles. The number of pyridine rings is 1. The van der Waals surface area contributed by atoms with E-state index in [2.05, 4.69) is 15.5 Å². The normalized spacial score (nSPS) is 11.9. The molecule has 108 valence electrons. The van der Waals surface area contributed by atoms with Crippen molar-refractivity contribution in [3.8, 4) is 0 Å². The van der Waals surface area contributed by atoms with E-state index in [4.69, 9.17) is 0 Å². The molecule has 0 radical (unpaired) electrons. The summed E-state index contributed by atoms with van der Waals surface area (Å²) in [7, 11) is -2.02. The maximum atomic E-state index is 11.7. The molecule has 8 nitrogen and oxygen atoms in total. The second-order valence-electron chi connectivity index (χ2n) is 4.34. The van der Waals surface area contributed by atoms with Crippen LogP contribution in [0.15, 0.2) is 24.4 Å². The second kappa shape index (κ2) is 5.55. The van der Waals surface area contributed by atoms with Crippen molar-refractivity contribution in [2.45, 2.75) is 6.54 Å². The van der Waals surface area contributed by atoms with Crippen LogP contribution in [-0.2, 0) is 21.4 Å². The summed E-state index contributed by atoms with van der Waals surface area (Å²) < 4.78 is 25.1. The van der Waals surface area contributed by atoms with E-state index in [0.29, 0.717) is 11.5 Å². The van der Waals surface area contributed by atoms with Gasteiger partial charge in [0.15, 0.2) is 11.5 Å². The number of aromatic nitrogens is 3. The molecule has 0 saturated heterocycles. The van der Waals surface area contributed by atoms with E-state index >= 15 is 0 Å². The Hall–Kier alpha value is -2.00. The van der Waals surface area contributed by atoms with Crippen molar-refractivity contribution in [2.24, 2.45) is 0 Å². The molecule has 20 heavy (non-hydrogen) atoms. The third-order valence-corrected chi connectivity index (χ3v) is 4.02. The lowest BCUT2D eigenvalue weighted by molar-refractivity contribution is -0.121. The zero-order valence-electron chi connectivity index (χ0n) is 11.1. The Morgan fingerprint density at radius 3 is 2.85 bits per heavy atom. The number of fused-ring (bicyclic) bond motifs is 1. The highest BCUT2D eigenvalue weighted by Crippen LogP contribution is 2.02. The molecule has 0 unspecified atom stereocenters. The lowest BCUT2D eigenvalue weighted by Crippen LogP contribution is -2.37. The van der Waals surface area contributed by atoms with Crippen LogP contribution in [0, 0.1) is 0 Å². The molecule has 0 bridgehead atoms. The SMILES string of the molecule is CN(CC(=O)NCc1nnc2ccccn12)S(C)(=O)=O. The van der Waals surface area contributed by atoms with Crippen LogP contribution in [0.3, 0.4) is 0 Å². The van der Waals surface area contributed by atoms with Gasteiger partial charge in [-0.15, -0.1) is 10.2 Å². The van der Waals surface area contributed by atoms with Crippen molar-refractivity contribution in [1.82, 2.24) is 24.2 Å². The Kier molecular flexibility index (Phi) is 4.00. The molecule has 0 aliphatic rings. The Labute approximate surface area is 116 Å². The smallest absolute Gasteiger partial charge is 0.235 e. The molecule has 0 spiro atoms. The molecular weight excluding hydrogens is 282 g/mol. The summed E-state index contributed by atoms with van der Waals surface area (Å²) in [4.78, 5) is 11.7. The molecule has 0 atom stereocenters. The summed E-state index contributed by atoms with van der Waals surface area (Å²) in [6.45, 7) is -0.0445. The molecule has 9 heteroatoms. The molecule has 0 fully saturated rings. The summed E-state index contributed by atoms with van der Waals surface area (Å²) in [5.41, 5.74) is 0.685. The first-order valence-electron chi connectivity index (χ1n) is 5.84. The number of carbonyl (C=O) groups excluding carboxylic acids is 1. The van der Waals surface area contributed by atoms with E-state index in [1.165, 1.54) is 7.05 Å². The Morgan fingerprint density at radius 1 is 1.40 bits per heavy atom. The highest BCUT2D eigenvalue weighted by atomic mass is 32.2. The average Bonchev–Trinajstić information content (AvgIpc) is 2.78. The largest absolute Gasteiger partial charge is 0.348 e. The first-order valence-corrected chi connectivity index (χ1v) is 7.69. The summed E-state index contributed by atoms with van der Waals surface area (Å²) in [6.07, 6.45) is 2.84. The molecule has 0 aromatic carbocycles. The Morgan fingerprint density at radius 2 is 2.15 bits per heavy atom. The van der Waals surface area contributed by atoms with Gasteiger partial charge in [-0.25, -0.2) is 8.42 Å². The number of likely N-dealkylation sites (N-methyl/N-ethyl adjacent to an activating group) is 1. The number of hydrogen-bond acceptors (Lipinski definition) is 5. The molecule has 1 amide bonds. The van der Waals surface area contributed by atoms with Crippen molar-refractivity contribution < 1.29 is 13.2 Å². The molecule has 2 aromatic heterocycles. The maximum Gasteiger partial charge on any atom is 0.235 e. The Bertz CT molecular complexity index is 724. The third-order valence-electron chi connectivity index (χ3n) is 2.76. The lowest BCUT2D eigenvalue weighted by atomic mass is 10.4. The quantitative estimate of drug-likeness (QED) is 0.782. The minimum Gasteiger partial charge on any atom is -0.348 e. The predicted molar refractivity (Wildman–Crippen MR) is 72.3 cm³/mol. The van der Waals surface area contributed by atoms with Gasteiger partial charge in [-0.1, -0.05) is 6.07 Å². The van der Waals surface area contributed by atoms with Crippen LogP contribution >= 0.6 is 0 Å². The van der Waals surface area contributed by atoms with E-state index in [-0.39, 0.29) is 13.1 Å². The van der Waals surface area contributed by atoms with E-state index in [1.807, 2.05) is 12.1 Å². The molecule has 2 aromatic rings. The zero-order chi connectivity index (χ0) is 14.8. The summed E-state index contributed by atoms with van der Waals surface area (Å²) in [5.74, 6) is 0.182. The van der Waals surface area contributed by atoms with Crippen LogP contribution in [0.1, 0.15) is 5.82 Å². The second-order valence-corrected chi connectivity index (χ2v) is 6.43. The first kappa shape index (κ1) is 14.4. The summed E-state index contributed by atoms with van der Waals surface area (Å²) >= 11 is 0. The van der Waals surface area contributed by atoms with Gasteiger partial charge in [-0.3, -0.25) is 9.20 Å². The van der Waals surface area contributed by atoms with E-state index < -0.39 is 15.9 Å². The van der Waals surface area contributed by atoms with Gasteiger partial charge in [-0.2, -0.15) is 4.31 Å². The van der Waals surface area contributed by atoms with Gasteiger partial charge in [0.25, 0.3) is 0 Å². The summed E-state index contributed by atoms with van der Waals surface area (Å²) in [5, 5.41) is 10.5. The number of hydrogen-bond donors (Lipinski definition) is 1. The van der Waals surface area contributed by atoms with Crippen LogP contribution in [-0.4, -0.2) is 53.1 Å². The topological polar surface area (TPSA) is 96.7 Å². The van der Waals surface area contributed by atoms with Crippen molar-refractivity contribution in [3.63, 3.8) is 0 Å². The van der Waals surface area contributed by atoms with E-state index in [9.17, 15) is 13.2 Å². The zero-order valence-corrected chi connectivity index (χ0v) is 12.0. The van der Waals surface area contributed by atoms with Crippen LogP contribution in [0.2, 0.25) is 0 Å². The number of nitrogens with one attached hydrogen (secondary N) is 1. The summed E-state index contributed by atoms with van der Waals surface area (Å²) in [6, 6.07) is 5.47. The van der Waals surface area contributed by atoms with E-state index in [0.717, 1.165) is 10.6 Å². The number of rotatable bonds is 5. The molecule has 2 rings (SSSR count). The third kappa shape index (κ3) is 3.31. The first-order chi connectivity index (χ1) is 9.38. The fraction of sp³-hybridized carbons (Fsp3) is 0.364. The van der Waals surface area contributed by atoms with Crippen LogP contribution < -0.4 is 5.32 Å². The van der Waals surface area contributed by atoms with Crippen molar-refractivity contribution in [3.05, 3.63) is 30.2 Å². The Balaban J connectivity index is 1.97. The standard InChI is InChI=1S/C11H15N5O3S/c1-15(20(2,18)19)8-11(17)12-7-10-14-13-9-5-3-4-6-16(9)10/h3-6H,7-8H2,1-2H3,(H,12,17). The lowest BCUT2D eigenvalue weighted by Gasteiger charge is -2.13. The number of carbonyl (C=O) groups is 1. The maximum absolute atomic E-state index is 11.7. The van der Waals surface area contributed by atoms with Crippen molar-refractivity contribution >= 4 is 21.6 Å². The van der Waals surface area contributed by atoms with Crippen molar-refractivity contribution in [1.29, 1.82) is 0 Å². The van der Waals surface area contributed by atoms with Gasteiger partial charge in [0.1, 0.15) is 0 Å². The van der Waals surface area contributed by atoms with Gasteiger partial charge in [0.05, 0.1) is 19.3 Å². The number of amides is 1. The molecule has 1 N–H and O–H groups in total. The number of sulfonamides is 1. The van der Waals surface area contributed by atoms with Gasteiger partial charge >= 0.3 is 0 Å². The van der Waals surface area contributed by atoms with Gasteiger partial charge in [0, 0.05) is 13.2 Å². The number of nitrogens with zero attached hydrogens (tertiary/aromatic N) is 4. The monoisotopic (exact) mass is 297 g/mol. The highest BCUT2D eigenvalue weighted by Gasteiger charge is 2.15. The van der Waals surface area contributed by atoms with Crippen LogP contribution in [0.25, 0.3) is 5.65 Å². The molecular formula is C11H15N5O3S. The minimum absolute atomic E-state index is 0.182. The fourth-order valence-electron chi connectivity index (χ4n) is 1.56. The molecule has 2 heterocycles. The fourth-order valence-corrected chi connectivity index (χ4v) is 1.92. The molecule has 0 saturated carbocycles. The minimum atomic E-state index is -3.37. The van der Waals surface area contributed by atoms with Crippen LogP contribution in [0.4, 0.5) is 0 Å². The average molecular weight is 297 g/mol. The van der Waals surface area contributed by atoms with Crippen molar-refractivity contribution in [2.75, 3.05) is 19.8 Å².